The summed E-state index contributed by atoms with van der Waals surface area (Å²) >= 11 is 0. The second-order valence-corrected chi connectivity index (χ2v) is 7.18. The fraction of sp³-hybridized carbons (Fsp3) is 0.684. The summed E-state index contributed by atoms with van der Waals surface area (Å²) in [4.78, 5) is 2.55. The summed E-state index contributed by atoms with van der Waals surface area (Å²) in [5, 5.41) is 3.47. The molecule has 0 unspecified atom stereocenters. The van der Waals surface area contributed by atoms with Gasteiger partial charge in [0, 0.05) is 25.2 Å². The van der Waals surface area contributed by atoms with Crippen LogP contribution in [0.15, 0.2) is 24.3 Å². The van der Waals surface area contributed by atoms with E-state index in [4.69, 9.17) is 0 Å². The van der Waals surface area contributed by atoms with E-state index >= 15 is 0 Å². The minimum Gasteiger partial charge on any atom is -0.310 e. The lowest BCUT2D eigenvalue weighted by atomic mass is 9.86. The Bertz CT molecular complexity index is 402. The zero-order valence-electron chi connectivity index (χ0n) is 14.2. The Kier molecular flexibility index (Phi) is 6.25. The molecule has 0 spiro atoms. The molecule has 21 heavy (non-hydrogen) atoms. The second-order valence-electron chi connectivity index (χ2n) is 7.18. The third-order valence-electron chi connectivity index (χ3n) is 4.78. The van der Waals surface area contributed by atoms with Crippen LogP contribution in [0.25, 0.3) is 0 Å². The molecule has 2 heteroatoms. The van der Waals surface area contributed by atoms with Crippen molar-refractivity contribution in [3.05, 3.63) is 35.4 Å². The van der Waals surface area contributed by atoms with Crippen LogP contribution in [0.3, 0.4) is 0 Å². The Balaban J connectivity index is 1.82. The number of benzene rings is 1. The lowest BCUT2D eigenvalue weighted by Gasteiger charge is -2.33. The van der Waals surface area contributed by atoms with Crippen molar-refractivity contribution in [3.63, 3.8) is 0 Å². The zero-order valence-corrected chi connectivity index (χ0v) is 14.2. The molecule has 0 bridgehead atoms. The number of nitrogens with one attached hydrogen (secondary N) is 1. The van der Waals surface area contributed by atoms with Gasteiger partial charge >= 0.3 is 0 Å². The van der Waals surface area contributed by atoms with Crippen LogP contribution in [0.2, 0.25) is 0 Å². The average molecular weight is 288 g/mol. The van der Waals surface area contributed by atoms with Gasteiger partial charge in [0.25, 0.3) is 0 Å². The normalized spacial score (nSPS) is 23.0. The van der Waals surface area contributed by atoms with E-state index in [2.05, 4.69) is 62.3 Å². The van der Waals surface area contributed by atoms with Crippen molar-refractivity contribution in [2.24, 2.45) is 5.92 Å². The Labute approximate surface area is 130 Å². The molecule has 0 heterocycles. The van der Waals surface area contributed by atoms with Crippen molar-refractivity contribution >= 4 is 0 Å². The topological polar surface area (TPSA) is 15.3 Å². The van der Waals surface area contributed by atoms with Gasteiger partial charge in [-0.15, -0.1) is 0 Å². The first-order chi connectivity index (χ1) is 10.0. The standard InChI is InChI=1S/C19H32N2/c1-15(2)20-13-17-7-9-18(10-8-17)14-21(4)19-11-5-16(3)6-12-19/h7-10,15-16,19-20H,5-6,11-14H2,1-4H3. The maximum absolute atomic E-state index is 3.47. The molecule has 1 aliphatic carbocycles. The molecule has 1 N–H and O–H groups in total. The highest BCUT2D eigenvalue weighted by atomic mass is 15.1. The van der Waals surface area contributed by atoms with Gasteiger partial charge < -0.3 is 5.32 Å². The predicted molar refractivity (Wildman–Crippen MR) is 91.3 cm³/mol. The minimum absolute atomic E-state index is 0.546. The average Bonchev–Trinajstić information content (AvgIpc) is 2.47. The molecular formula is C19H32N2. The van der Waals surface area contributed by atoms with Crippen molar-refractivity contribution in [3.8, 4) is 0 Å². The molecule has 0 radical (unpaired) electrons. The molecule has 0 aromatic heterocycles. The Morgan fingerprint density at radius 3 is 2.19 bits per heavy atom. The molecular weight excluding hydrogens is 256 g/mol. The Morgan fingerprint density at radius 2 is 1.62 bits per heavy atom. The van der Waals surface area contributed by atoms with Crippen molar-refractivity contribution in [2.45, 2.75) is 71.6 Å². The zero-order chi connectivity index (χ0) is 15.2. The van der Waals surface area contributed by atoms with Crippen LogP contribution < -0.4 is 5.32 Å². The fourth-order valence-corrected chi connectivity index (χ4v) is 3.18. The molecule has 0 saturated heterocycles. The molecule has 1 fully saturated rings. The van der Waals surface area contributed by atoms with Crippen molar-refractivity contribution in [1.29, 1.82) is 0 Å². The van der Waals surface area contributed by atoms with Gasteiger partial charge in [0.2, 0.25) is 0 Å². The van der Waals surface area contributed by atoms with E-state index in [9.17, 15) is 0 Å². The van der Waals surface area contributed by atoms with Crippen LogP contribution in [0.1, 0.15) is 57.6 Å². The smallest absolute Gasteiger partial charge is 0.0233 e. The molecule has 1 aromatic carbocycles. The lowest BCUT2D eigenvalue weighted by Crippen LogP contribution is -2.34. The van der Waals surface area contributed by atoms with Crippen LogP contribution in [-0.2, 0) is 13.1 Å². The first-order valence-corrected chi connectivity index (χ1v) is 8.56. The highest BCUT2D eigenvalue weighted by Crippen LogP contribution is 2.27. The van der Waals surface area contributed by atoms with E-state index in [1.807, 2.05) is 0 Å². The second kappa shape index (κ2) is 7.95. The van der Waals surface area contributed by atoms with Crippen molar-refractivity contribution in [1.82, 2.24) is 10.2 Å². The van der Waals surface area contributed by atoms with Crippen LogP contribution in [0, 0.1) is 5.92 Å². The molecule has 1 saturated carbocycles. The van der Waals surface area contributed by atoms with Crippen LogP contribution in [0.5, 0.6) is 0 Å². The van der Waals surface area contributed by atoms with E-state index < -0.39 is 0 Å². The number of hydrogen-bond acceptors (Lipinski definition) is 2. The number of nitrogens with zero attached hydrogens (tertiary/aromatic N) is 1. The third kappa shape index (κ3) is 5.44. The Morgan fingerprint density at radius 1 is 1.05 bits per heavy atom. The van der Waals surface area contributed by atoms with Gasteiger partial charge in [-0.1, -0.05) is 45.0 Å². The fourth-order valence-electron chi connectivity index (χ4n) is 3.18. The monoisotopic (exact) mass is 288 g/mol. The van der Waals surface area contributed by atoms with Gasteiger partial charge in [-0.2, -0.15) is 0 Å². The van der Waals surface area contributed by atoms with Crippen molar-refractivity contribution in [2.75, 3.05) is 7.05 Å². The maximum Gasteiger partial charge on any atom is 0.0233 e. The SMILES string of the molecule is CC1CCC(N(C)Cc2ccc(CNC(C)C)cc2)CC1. The summed E-state index contributed by atoms with van der Waals surface area (Å²) in [7, 11) is 2.29. The van der Waals surface area contributed by atoms with E-state index in [0.717, 1.165) is 25.0 Å². The maximum atomic E-state index is 3.47. The quantitative estimate of drug-likeness (QED) is 0.844. The first kappa shape index (κ1) is 16.5. The molecule has 0 atom stereocenters. The van der Waals surface area contributed by atoms with E-state index in [-0.39, 0.29) is 0 Å². The Hall–Kier alpha value is -0.860. The summed E-state index contributed by atoms with van der Waals surface area (Å²) in [5.74, 6) is 0.933. The number of rotatable bonds is 6. The van der Waals surface area contributed by atoms with Crippen LogP contribution in [0.4, 0.5) is 0 Å². The third-order valence-corrected chi connectivity index (χ3v) is 4.78. The van der Waals surface area contributed by atoms with E-state index in [1.54, 1.807) is 0 Å². The van der Waals surface area contributed by atoms with Gasteiger partial charge in [-0.3, -0.25) is 4.90 Å². The molecule has 0 amide bonds. The first-order valence-electron chi connectivity index (χ1n) is 8.56. The van der Waals surface area contributed by atoms with Gasteiger partial charge in [-0.05, 0) is 49.8 Å². The van der Waals surface area contributed by atoms with Gasteiger partial charge in [-0.25, -0.2) is 0 Å². The molecule has 0 aliphatic heterocycles. The summed E-state index contributed by atoms with van der Waals surface area (Å²) < 4.78 is 0. The molecule has 1 aliphatic rings. The lowest BCUT2D eigenvalue weighted by molar-refractivity contribution is 0.164. The molecule has 118 valence electrons. The highest BCUT2D eigenvalue weighted by Gasteiger charge is 2.21. The van der Waals surface area contributed by atoms with Gasteiger partial charge in [0.1, 0.15) is 0 Å². The van der Waals surface area contributed by atoms with Crippen molar-refractivity contribution < 1.29 is 0 Å². The minimum atomic E-state index is 0.546. The van der Waals surface area contributed by atoms with Gasteiger partial charge in [0.15, 0.2) is 0 Å². The largest absolute Gasteiger partial charge is 0.310 e. The summed E-state index contributed by atoms with van der Waals surface area (Å²) in [6.45, 7) is 8.81. The summed E-state index contributed by atoms with van der Waals surface area (Å²) in [6, 6.07) is 10.4. The van der Waals surface area contributed by atoms with E-state index in [1.165, 1.54) is 36.8 Å². The predicted octanol–water partition coefficient (Wildman–Crippen LogP) is 4.20. The molecule has 2 nitrogen and oxygen atoms in total. The van der Waals surface area contributed by atoms with Crippen LogP contribution in [-0.4, -0.2) is 24.0 Å². The molecule has 1 aromatic rings. The number of hydrogen-bond donors (Lipinski definition) is 1. The summed E-state index contributed by atoms with van der Waals surface area (Å²) in [5.41, 5.74) is 2.81. The molecule has 2 rings (SSSR count). The van der Waals surface area contributed by atoms with Crippen LogP contribution >= 0.6 is 0 Å². The van der Waals surface area contributed by atoms with Gasteiger partial charge in [0.05, 0.1) is 0 Å². The highest BCUT2D eigenvalue weighted by molar-refractivity contribution is 5.22. The summed E-state index contributed by atoms with van der Waals surface area (Å²) in [6.07, 6.45) is 5.53. The van der Waals surface area contributed by atoms with E-state index in [0.29, 0.717) is 6.04 Å².